The zero-order chi connectivity index (χ0) is 12.1. The van der Waals surface area contributed by atoms with Gasteiger partial charge >= 0.3 is 5.97 Å². The monoisotopic (exact) mass is 228 g/mol. The van der Waals surface area contributed by atoms with Gasteiger partial charge in [-0.1, -0.05) is 26.3 Å². The highest BCUT2D eigenvalue weighted by Gasteiger charge is 1.95. The van der Waals surface area contributed by atoms with Gasteiger partial charge < -0.3 is 9.47 Å². The Balaban J connectivity index is 2.98. The minimum atomic E-state index is -0.337. The Labute approximate surface area is 98.8 Å². The van der Waals surface area contributed by atoms with E-state index in [4.69, 9.17) is 9.47 Å². The molecule has 0 fully saturated rings. The van der Waals surface area contributed by atoms with Crippen LogP contribution in [0, 0.1) is 0 Å². The molecule has 0 aliphatic rings. The average Bonchev–Trinajstić information content (AvgIpc) is 2.31. The number of esters is 1. The highest BCUT2D eigenvalue weighted by Crippen LogP contribution is 1.99. The molecule has 0 bridgehead atoms. The summed E-state index contributed by atoms with van der Waals surface area (Å²) in [5.41, 5.74) is 0. The van der Waals surface area contributed by atoms with Gasteiger partial charge in [0.25, 0.3) is 0 Å². The molecule has 0 saturated carbocycles. The fourth-order valence-electron chi connectivity index (χ4n) is 1.27. The van der Waals surface area contributed by atoms with Gasteiger partial charge in [-0.3, -0.25) is 0 Å². The van der Waals surface area contributed by atoms with Crippen LogP contribution < -0.4 is 0 Å². The third-order valence-corrected chi connectivity index (χ3v) is 2.24. The van der Waals surface area contributed by atoms with Gasteiger partial charge in [-0.2, -0.15) is 0 Å². The summed E-state index contributed by atoms with van der Waals surface area (Å²) in [5.74, 6) is -0.337. The van der Waals surface area contributed by atoms with Gasteiger partial charge in [0.05, 0.1) is 6.61 Å². The number of hydrogen-bond acceptors (Lipinski definition) is 3. The molecular formula is C13H24O3. The molecule has 3 nitrogen and oxygen atoms in total. The molecule has 0 heterocycles. The van der Waals surface area contributed by atoms with Gasteiger partial charge in [-0.05, 0) is 25.7 Å². The fourth-order valence-corrected chi connectivity index (χ4v) is 1.27. The molecule has 0 rings (SSSR count). The molecule has 0 spiro atoms. The quantitative estimate of drug-likeness (QED) is 0.310. The minimum Gasteiger partial charge on any atom is -0.463 e. The van der Waals surface area contributed by atoms with E-state index in [1.54, 1.807) is 0 Å². The maximum Gasteiger partial charge on any atom is 0.330 e. The lowest BCUT2D eigenvalue weighted by atomic mass is 10.2. The van der Waals surface area contributed by atoms with E-state index in [0.717, 1.165) is 38.9 Å². The maximum atomic E-state index is 10.7. The van der Waals surface area contributed by atoms with E-state index in [9.17, 15) is 4.79 Å². The van der Waals surface area contributed by atoms with Crippen molar-refractivity contribution in [1.29, 1.82) is 0 Å². The van der Waals surface area contributed by atoms with Crippen LogP contribution in [0.5, 0.6) is 0 Å². The summed E-state index contributed by atoms with van der Waals surface area (Å²) in [6.07, 6.45) is 7.81. The normalized spacial score (nSPS) is 10.1. The van der Waals surface area contributed by atoms with Gasteiger partial charge in [-0.25, -0.2) is 4.79 Å². The first kappa shape index (κ1) is 15.2. The molecule has 0 unspecified atom stereocenters. The first-order valence-electron chi connectivity index (χ1n) is 6.18. The maximum absolute atomic E-state index is 10.7. The predicted molar refractivity (Wildman–Crippen MR) is 65.4 cm³/mol. The Kier molecular flexibility index (Phi) is 11.6. The summed E-state index contributed by atoms with van der Waals surface area (Å²) in [5, 5.41) is 0. The van der Waals surface area contributed by atoms with Crippen LogP contribution in [0.1, 0.15) is 45.4 Å². The van der Waals surface area contributed by atoms with Crippen molar-refractivity contribution in [2.75, 3.05) is 19.8 Å². The zero-order valence-electron chi connectivity index (χ0n) is 10.4. The van der Waals surface area contributed by atoms with Gasteiger partial charge in [0.2, 0.25) is 0 Å². The molecule has 0 aliphatic heterocycles. The van der Waals surface area contributed by atoms with Gasteiger partial charge in [0.15, 0.2) is 0 Å². The van der Waals surface area contributed by atoms with E-state index in [-0.39, 0.29) is 5.97 Å². The number of carbonyl (C=O) groups is 1. The van der Waals surface area contributed by atoms with E-state index in [2.05, 4.69) is 13.5 Å². The van der Waals surface area contributed by atoms with Crippen molar-refractivity contribution >= 4 is 5.97 Å². The fraction of sp³-hybridized carbons (Fsp3) is 0.769. The molecule has 0 aromatic rings. The zero-order valence-corrected chi connectivity index (χ0v) is 10.4. The Bertz CT molecular complexity index is 178. The summed E-state index contributed by atoms with van der Waals surface area (Å²) in [4.78, 5) is 10.7. The third-order valence-electron chi connectivity index (χ3n) is 2.24. The van der Waals surface area contributed by atoms with Crippen LogP contribution in [0.15, 0.2) is 12.7 Å². The lowest BCUT2D eigenvalue weighted by Crippen LogP contribution is -2.02. The highest BCUT2D eigenvalue weighted by atomic mass is 16.5. The van der Waals surface area contributed by atoms with Crippen LogP contribution in [-0.2, 0) is 14.3 Å². The molecule has 0 radical (unpaired) electrons. The van der Waals surface area contributed by atoms with E-state index in [1.165, 1.54) is 18.9 Å². The molecule has 0 atom stereocenters. The largest absolute Gasteiger partial charge is 0.463 e. The summed E-state index contributed by atoms with van der Waals surface area (Å²) in [7, 11) is 0. The molecule has 3 heteroatoms. The van der Waals surface area contributed by atoms with Crippen molar-refractivity contribution in [2.24, 2.45) is 0 Å². The van der Waals surface area contributed by atoms with E-state index in [0.29, 0.717) is 6.61 Å². The topological polar surface area (TPSA) is 35.5 Å². The number of carbonyl (C=O) groups excluding carboxylic acids is 1. The second-order valence-corrected chi connectivity index (χ2v) is 3.75. The smallest absolute Gasteiger partial charge is 0.330 e. The Morgan fingerprint density at radius 2 is 1.69 bits per heavy atom. The molecule has 94 valence electrons. The molecule has 0 amide bonds. The van der Waals surface area contributed by atoms with Crippen LogP contribution in [0.4, 0.5) is 0 Å². The molecule has 0 N–H and O–H groups in total. The molecule has 0 aliphatic carbocycles. The second kappa shape index (κ2) is 12.2. The molecule has 0 aromatic heterocycles. The molecule has 0 saturated heterocycles. The standard InChI is InChI=1S/C13H24O3/c1-3-5-7-10-15-11-8-6-9-12-16-13(14)4-2/h4H,2-3,5-12H2,1H3. The second-order valence-electron chi connectivity index (χ2n) is 3.75. The predicted octanol–water partition coefficient (Wildman–Crippen LogP) is 3.09. The van der Waals surface area contributed by atoms with Crippen molar-refractivity contribution in [1.82, 2.24) is 0 Å². The first-order valence-corrected chi connectivity index (χ1v) is 6.18. The summed E-state index contributed by atoms with van der Waals surface area (Å²) in [6, 6.07) is 0. The van der Waals surface area contributed by atoms with E-state index >= 15 is 0 Å². The van der Waals surface area contributed by atoms with Crippen LogP contribution in [0.2, 0.25) is 0 Å². The molecule has 16 heavy (non-hydrogen) atoms. The number of ether oxygens (including phenoxy) is 2. The first-order chi connectivity index (χ1) is 7.81. The van der Waals surface area contributed by atoms with Crippen LogP contribution in [0.25, 0.3) is 0 Å². The van der Waals surface area contributed by atoms with Crippen LogP contribution in [0.3, 0.4) is 0 Å². The molecule has 0 aromatic carbocycles. The van der Waals surface area contributed by atoms with Gasteiger partial charge in [0, 0.05) is 19.3 Å². The summed E-state index contributed by atoms with van der Waals surface area (Å²) < 4.78 is 10.3. The van der Waals surface area contributed by atoms with Crippen molar-refractivity contribution in [3.8, 4) is 0 Å². The van der Waals surface area contributed by atoms with Gasteiger partial charge in [0.1, 0.15) is 0 Å². The van der Waals surface area contributed by atoms with Crippen molar-refractivity contribution < 1.29 is 14.3 Å². The van der Waals surface area contributed by atoms with Crippen molar-refractivity contribution in [2.45, 2.75) is 45.4 Å². The highest BCUT2D eigenvalue weighted by molar-refractivity contribution is 5.81. The Morgan fingerprint density at radius 3 is 2.31 bits per heavy atom. The average molecular weight is 228 g/mol. The van der Waals surface area contributed by atoms with Crippen LogP contribution >= 0.6 is 0 Å². The van der Waals surface area contributed by atoms with Gasteiger partial charge in [-0.15, -0.1) is 0 Å². The number of rotatable bonds is 11. The SMILES string of the molecule is C=CC(=O)OCCCCCOCCCCC. The number of hydrogen-bond donors (Lipinski definition) is 0. The van der Waals surface area contributed by atoms with E-state index < -0.39 is 0 Å². The number of unbranched alkanes of at least 4 members (excludes halogenated alkanes) is 4. The lowest BCUT2D eigenvalue weighted by molar-refractivity contribution is -0.137. The lowest BCUT2D eigenvalue weighted by Gasteiger charge is -2.04. The van der Waals surface area contributed by atoms with Crippen LogP contribution in [-0.4, -0.2) is 25.8 Å². The van der Waals surface area contributed by atoms with E-state index in [1.807, 2.05) is 0 Å². The Morgan fingerprint density at radius 1 is 1.06 bits per heavy atom. The summed E-state index contributed by atoms with van der Waals surface area (Å²) in [6.45, 7) is 7.69. The molecular weight excluding hydrogens is 204 g/mol. The minimum absolute atomic E-state index is 0.337. The van der Waals surface area contributed by atoms with Crippen molar-refractivity contribution in [3.63, 3.8) is 0 Å². The Hall–Kier alpha value is -0.830. The third kappa shape index (κ3) is 11.2. The summed E-state index contributed by atoms with van der Waals surface area (Å²) >= 11 is 0. The van der Waals surface area contributed by atoms with Crippen molar-refractivity contribution in [3.05, 3.63) is 12.7 Å².